The lowest BCUT2D eigenvalue weighted by molar-refractivity contribution is -0.123. The van der Waals surface area contributed by atoms with Gasteiger partial charge in [-0.25, -0.2) is 17.9 Å². The van der Waals surface area contributed by atoms with Gasteiger partial charge in [0.25, 0.3) is 11.1 Å². The second-order valence-electron chi connectivity index (χ2n) is 5.67. The summed E-state index contributed by atoms with van der Waals surface area (Å²) in [5.41, 5.74) is 0.778. The summed E-state index contributed by atoms with van der Waals surface area (Å²) in [6, 6.07) is 9.18. The number of carbonyl (C=O) groups is 2. The van der Waals surface area contributed by atoms with E-state index in [1.165, 1.54) is 30.3 Å². The van der Waals surface area contributed by atoms with Gasteiger partial charge in [-0.05, 0) is 53.2 Å². The number of nitrogens with zero attached hydrogens (tertiary/aromatic N) is 1. The Labute approximate surface area is 158 Å². The van der Waals surface area contributed by atoms with Crippen molar-refractivity contribution in [2.45, 2.75) is 11.4 Å². The molecular formula is C17H13FN2O5S2. The lowest BCUT2D eigenvalue weighted by Crippen LogP contribution is -2.27. The third kappa shape index (κ3) is 4.18. The van der Waals surface area contributed by atoms with E-state index in [1.54, 1.807) is 6.07 Å². The van der Waals surface area contributed by atoms with E-state index in [0.29, 0.717) is 22.9 Å². The molecule has 1 heterocycles. The van der Waals surface area contributed by atoms with Crippen LogP contribution in [0.25, 0.3) is 6.08 Å². The molecule has 1 aliphatic rings. The molecule has 0 saturated carbocycles. The molecule has 0 aromatic heterocycles. The summed E-state index contributed by atoms with van der Waals surface area (Å²) >= 11 is 0.696. The lowest BCUT2D eigenvalue weighted by Gasteiger charge is -2.13. The first kappa shape index (κ1) is 19.1. The van der Waals surface area contributed by atoms with Crippen molar-refractivity contribution < 1.29 is 27.5 Å². The van der Waals surface area contributed by atoms with Crippen molar-refractivity contribution in [3.8, 4) is 5.75 Å². The molecule has 1 fully saturated rings. The Balaban J connectivity index is 1.84. The van der Waals surface area contributed by atoms with Crippen LogP contribution in [0.1, 0.15) is 11.1 Å². The molecule has 0 bridgehead atoms. The van der Waals surface area contributed by atoms with Crippen LogP contribution in [0.15, 0.2) is 52.3 Å². The van der Waals surface area contributed by atoms with Crippen LogP contribution in [0.5, 0.6) is 5.75 Å². The van der Waals surface area contributed by atoms with Gasteiger partial charge < -0.3 is 5.11 Å². The number of hydrogen-bond donors (Lipinski definition) is 2. The molecular weight excluding hydrogens is 395 g/mol. The Morgan fingerprint density at radius 2 is 1.93 bits per heavy atom. The maximum Gasteiger partial charge on any atom is 0.293 e. The number of phenols is 1. The number of nitrogens with two attached hydrogens (primary N) is 1. The minimum absolute atomic E-state index is 0.105. The van der Waals surface area contributed by atoms with Gasteiger partial charge in [0.15, 0.2) is 11.6 Å². The fraction of sp³-hybridized carbons (Fsp3) is 0.0588. The molecule has 140 valence electrons. The van der Waals surface area contributed by atoms with Gasteiger partial charge in [-0.1, -0.05) is 18.2 Å². The Hall–Kier alpha value is -2.69. The third-order valence-corrected chi connectivity index (χ3v) is 5.53. The van der Waals surface area contributed by atoms with E-state index in [0.717, 1.165) is 17.0 Å². The van der Waals surface area contributed by atoms with E-state index in [1.807, 2.05) is 0 Å². The number of sulfonamides is 1. The summed E-state index contributed by atoms with van der Waals surface area (Å²) in [4.78, 5) is 25.6. The zero-order chi connectivity index (χ0) is 19.8. The summed E-state index contributed by atoms with van der Waals surface area (Å²) in [6.45, 7) is -0.125. The average molecular weight is 408 g/mol. The molecule has 0 aliphatic carbocycles. The highest BCUT2D eigenvalue weighted by Crippen LogP contribution is 2.34. The Kier molecular flexibility index (Phi) is 5.05. The molecule has 2 amide bonds. The highest BCUT2D eigenvalue weighted by atomic mass is 32.2. The molecule has 7 nitrogen and oxygen atoms in total. The van der Waals surface area contributed by atoms with Gasteiger partial charge in [-0.15, -0.1) is 0 Å². The van der Waals surface area contributed by atoms with Crippen molar-refractivity contribution >= 4 is 39.0 Å². The van der Waals surface area contributed by atoms with Crippen LogP contribution in [-0.2, 0) is 21.4 Å². The van der Waals surface area contributed by atoms with Crippen molar-refractivity contribution in [1.82, 2.24) is 4.90 Å². The van der Waals surface area contributed by atoms with Crippen molar-refractivity contribution in [2.75, 3.05) is 0 Å². The number of hydrogen-bond acceptors (Lipinski definition) is 6. The first-order valence-electron chi connectivity index (χ1n) is 7.51. The number of primary sulfonamides is 1. The molecule has 3 N–H and O–H groups in total. The number of rotatable bonds is 4. The zero-order valence-corrected chi connectivity index (χ0v) is 15.3. The van der Waals surface area contributed by atoms with Crippen LogP contribution in [0, 0.1) is 5.82 Å². The summed E-state index contributed by atoms with van der Waals surface area (Å²) < 4.78 is 36.0. The number of thioether (sulfide) groups is 1. The highest BCUT2D eigenvalue weighted by Gasteiger charge is 2.35. The largest absolute Gasteiger partial charge is 0.505 e. The summed E-state index contributed by atoms with van der Waals surface area (Å²) in [7, 11) is -3.90. The van der Waals surface area contributed by atoms with Gasteiger partial charge in [0.1, 0.15) is 0 Å². The summed E-state index contributed by atoms with van der Waals surface area (Å²) in [6.07, 6.45) is 1.37. The maximum absolute atomic E-state index is 13.1. The van der Waals surface area contributed by atoms with Crippen LogP contribution in [0.4, 0.5) is 9.18 Å². The molecule has 3 rings (SSSR count). The molecule has 2 aromatic carbocycles. The smallest absolute Gasteiger partial charge is 0.293 e. The van der Waals surface area contributed by atoms with Gasteiger partial charge in [-0.2, -0.15) is 0 Å². The van der Waals surface area contributed by atoms with Crippen molar-refractivity contribution in [3.63, 3.8) is 0 Å². The summed E-state index contributed by atoms with van der Waals surface area (Å²) in [5.74, 6) is -1.94. The molecule has 0 atom stereocenters. The van der Waals surface area contributed by atoms with Crippen LogP contribution < -0.4 is 5.14 Å². The van der Waals surface area contributed by atoms with Crippen molar-refractivity contribution in [3.05, 3.63) is 64.3 Å². The topological polar surface area (TPSA) is 118 Å². The molecule has 0 radical (unpaired) electrons. The van der Waals surface area contributed by atoms with E-state index in [9.17, 15) is 27.5 Å². The number of phenolic OH excluding ortho intramolecular Hbond substituents is 1. The fourth-order valence-corrected chi connectivity index (χ4v) is 3.83. The fourth-order valence-electron chi connectivity index (χ4n) is 2.41. The van der Waals surface area contributed by atoms with Gasteiger partial charge in [0, 0.05) is 0 Å². The second kappa shape index (κ2) is 7.14. The average Bonchev–Trinajstić information content (AvgIpc) is 2.85. The summed E-state index contributed by atoms with van der Waals surface area (Å²) in [5, 5.41) is 14.0. The molecule has 27 heavy (non-hydrogen) atoms. The number of halogens is 1. The monoisotopic (exact) mass is 408 g/mol. The Bertz CT molecular complexity index is 1080. The SMILES string of the molecule is NS(=O)(=O)c1cccc(CN2C(=O)SC(=Cc3ccc(F)c(O)c3)C2=O)c1. The standard InChI is InChI=1S/C17H13FN2O5S2/c18-13-5-4-10(7-14(13)21)8-15-16(22)20(17(23)26-15)9-11-2-1-3-12(6-11)27(19,24)25/h1-8,21H,9H2,(H2,19,24,25). The van der Waals surface area contributed by atoms with Gasteiger partial charge in [0.2, 0.25) is 10.0 Å². The quantitative estimate of drug-likeness (QED) is 0.750. The Morgan fingerprint density at radius 1 is 1.19 bits per heavy atom. The first-order chi connectivity index (χ1) is 12.6. The van der Waals surface area contributed by atoms with Crippen molar-refractivity contribution in [2.24, 2.45) is 5.14 Å². The minimum atomic E-state index is -3.90. The molecule has 2 aromatic rings. The number of amides is 2. The predicted molar refractivity (Wildman–Crippen MR) is 97.4 cm³/mol. The predicted octanol–water partition coefficient (Wildman–Crippen LogP) is 2.42. The molecule has 1 aliphatic heterocycles. The van der Waals surface area contributed by atoms with Gasteiger partial charge >= 0.3 is 0 Å². The van der Waals surface area contributed by atoms with E-state index in [-0.39, 0.29) is 16.3 Å². The van der Waals surface area contributed by atoms with Crippen LogP contribution in [-0.4, -0.2) is 29.6 Å². The second-order valence-corrected chi connectivity index (χ2v) is 8.23. The molecule has 0 unspecified atom stereocenters. The first-order valence-corrected chi connectivity index (χ1v) is 9.87. The van der Waals surface area contributed by atoms with E-state index >= 15 is 0 Å². The van der Waals surface area contributed by atoms with E-state index in [4.69, 9.17) is 5.14 Å². The zero-order valence-electron chi connectivity index (χ0n) is 13.6. The number of aromatic hydroxyl groups is 1. The van der Waals surface area contributed by atoms with Crippen LogP contribution in [0.2, 0.25) is 0 Å². The highest BCUT2D eigenvalue weighted by molar-refractivity contribution is 8.18. The molecule has 0 spiro atoms. The lowest BCUT2D eigenvalue weighted by atomic mass is 10.2. The number of benzene rings is 2. The normalized spacial score (nSPS) is 16.4. The number of carbonyl (C=O) groups excluding carboxylic acids is 2. The Morgan fingerprint density at radius 3 is 2.59 bits per heavy atom. The number of imide groups is 1. The minimum Gasteiger partial charge on any atom is -0.505 e. The van der Waals surface area contributed by atoms with Gasteiger partial charge in [-0.3, -0.25) is 14.5 Å². The van der Waals surface area contributed by atoms with Crippen LogP contribution >= 0.6 is 11.8 Å². The molecule has 10 heteroatoms. The van der Waals surface area contributed by atoms with Gasteiger partial charge in [0.05, 0.1) is 16.3 Å². The van der Waals surface area contributed by atoms with Crippen molar-refractivity contribution in [1.29, 1.82) is 0 Å². The van der Waals surface area contributed by atoms with E-state index < -0.39 is 32.7 Å². The molecule has 1 saturated heterocycles. The van der Waals surface area contributed by atoms with E-state index in [2.05, 4.69) is 0 Å². The third-order valence-electron chi connectivity index (χ3n) is 3.71. The van der Waals surface area contributed by atoms with Crippen LogP contribution in [0.3, 0.4) is 0 Å². The maximum atomic E-state index is 13.1.